The first-order chi connectivity index (χ1) is 8.31. The number of ether oxygens (including phenoxy) is 1. The van der Waals surface area contributed by atoms with Crippen LogP contribution in [0, 0.1) is 11.3 Å². The van der Waals surface area contributed by atoms with Gasteiger partial charge >= 0.3 is 6.11 Å². The van der Waals surface area contributed by atoms with Crippen molar-refractivity contribution in [2.45, 2.75) is 45.8 Å². The van der Waals surface area contributed by atoms with Crippen LogP contribution in [-0.4, -0.2) is 11.1 Å². The quantitative estimate of drug-likeness (QED) is 0.812. The van der Waals surface area contributed by atoms with Gasteiger partial charge in [0.05, 0.1) is 6.10 Å². The average molecular weight is 255 g/mol. The summed E-state index contributed by atoms with van der Waals surface area (Å²) >= 11 is 0. The van der Waals surface area contributed by atoms with Gasteiger partial charge in [0.2, 0.25) is 0 Å². The molecule has 18 heavy (non-hydrogen) atoms. The SMILES string of the molecule is CC(C)(C)C(OC(F)(F)c1ccccn1)C1CC1. The van der Waals surface area contributed by atoms with E-state index in [4.69, 9.17) is 4.74 Å². The number of pyridine rings is 1. The van der Waals surface area contributed by atoms with Crippen LogP contribution in [-0.2, 0) is 10.8 Å². The van der Waals surface area contributed by atoms with Gasteiger partial charge in [-0.15, -0.1) is 0 Å². The number of hydrogen-bond donors (Lipinski definition) is 0. The summed E-state index contributed by atoms with van der Waals surface area (Å²) in [6.07, 6.45) is -0.451. The van der Waals surface area contributed by atoms with Gasteiger partial charge in [0.15, 0.2) is 0 Å². The van der Waals surface area contributed by atoms with E-state index < -0.39 is 12.2 Å². The largest absolute Gasteiger partial charge is 0.400 e. The number of nitrogens with zero attached hydrogens (tertiary/aromatic N) is 1. The fourth-order valence-corrected chi connectivity index (χ4v) is 2.13. The summed E-state index contributed by atoms with van der Waals surface area (Å²) in [5.41, 5.74) is -0.612. The Balaban J connectivity index is 2.15. The van der Waals surface area contributed by atoms with Crippen LogP contribution in [0.2, 0.25) is 0 Å². The van der Waals surface area contributed by atoms with Crippen LogP contribution in [0.15, 0.2) is 24.4 Å². The van der Waals surface area contributed by atoms with E-state index in [0.29, 0.717) is 0 Å². The van der Waals surface area contributed by atoms with E-state index in [1.54, 1.807) is 12.1 Å². The predicted molar refractivity (Wildman–Crippen MR) is 65.2 cm³/mol. The van der Waals surface area contributed by atoms with Gasteiger partial charge in [-0.2, -0.15) is 8.78 Å². The molecular weight excluding hydrogens is 236 g/mol. The number of hydrogen-bond acceptors (Lipinski definition) is 2. The van der Waals surface area contributed by atoms with Crippen LogP contribution in [0.1, 0.15) is 39.3 Å². The van der Waals surface area contributed by atoms with Gasteiger partial charge in [-0.1, -0.05) is 26.8 Å². The molecule has 1 aromatic heterocycles. The summed E-state index contributed by atoms with van der Waals surface area (Å²) in [5.74, 6) is 0.250. The third kappa shape index (κ3) is 3.05. The minimum absolute atomic E-state index is 0.250. The molecule has 4 heteroatoms. The number of halogens is 2. The molecular formula is C14H19F2NO. The van der Waals surface area contributed by atoms with Crippen molar-refractivity contribution in [1.29, 1.82) is 0 Å². The van der Waals surface area contributed by atoms with Crippen molar-refractivity contribution in [1.82, 2.24) is 4.98 Å². The molecule has 1 aliphatic carbocycles. The number of rotatable bonds is 4. The molecule has 1 fully saturated rings. The molecule has 0 bridgehead atoms. The molecule has 0 saturated heterocycles. The topological polar surface area (TPSA) is 22.1 Å². The molecule has 0 radical (unpaired) electrons. The Morgan fingerprint density at radius 3 is 2.39 bits per heavy atom. The Bertz CT molecular complexity index is 396. The maximum atomic E-state index is 14.0. The lowest BCUT2D eigenvalue weighted by Crippen LogP contribution is -2.37. The Morgan fingerprint density at radius 1 is 1.28 bits per heavy atom. The van der Waals surface area contributed by atoms with Gasteiger partial charge in [0, 0.05) is 6.20 Å². The summed E-state index contributed by atoms with van der Waals surface area (Å²) in [6, 6.07) is 4.46. The molecule has 1 aliphatic rings. The third-order valence-electron chi connectivity index (χ3n) is 3.14. The summed E-state index contributed by atoms with van der Waals surface area (Å²) in [5, 5.41) is 0. The second-order valence-corrected chi connectivity index (χ2v) is 5.97. The van der Waals surface area contributed by atoms with Gasteiger partial charge in [-0.3, -0.25) is 4.98 Å². The van der Waals surface area contributed by atoms with Gasteiger partial charge in [0.1, 0.15) is 5.69 Å². The zero-order valence-corrected chi connectivity index (χ0v) is 11.0. The molecule has 1 atom stereocenters. The highest BCUT2D eigenvalue weighted by Gasteiger charge is 2.47. The second-order valence-electron chi connectivity index (χ2n) is 5.97. The standard InChI is InChI=1S/C14H19F2NO/c1-13(2,3)12(10-7-8-10)18-14(15,16)11-6-4-5-9-17-11/h4-6,9-10,12H,7-8H2,1-3H3. The van der Waals surface area contributed by atoms with E-state index in [0.717, 1.165) is 12.8 Å². The van der Waals surface area contributed by atoms with Crippen molar-refractivity contribution in [3.05, 3.63) is 30.1 Å². The minimum Gasteiger partial charge on any atom is -0.311 e. The van der Waals surface area contributed by atoms with Crippen molar-refractivity contribution < 1.29 is 13.5 Å². The van der Waals surface area contributed by atoms with E-state index >= 15 is 0 Å². The summed E-state index contributed by atoms with van der Waals surface area (Å²) in [6.45, 7) is 5.81. The van der Waals surface area contributed by atoms with Crippen molar-refractivity contribution >= 4 is 0 Å². The molecule has 2 rings (SSSR count). The minimum atomic E-state index is -3.32. The Hall–Kier alpha value is -1.03. The number of aromatic nitrogens is 1. The molecule has 0 N–H and O–H groups in total. The third-order valence-corrected chi connectivity index (χ3v) is 3.14. The molecule has 1 unspecified atom stereocenters. The predicted octanol–water partition coefficient (Wildman–Crippen LogP) is 3.97. The molecule has 1 saturated carbocycles. The van der Waals surface area contributed by atoms with Crippen LogP contribution in [0.25, 0.3) is 0 Å². The first kappa shape index (κ1) is 13.4. The Kier molecular flexibility index (Phi) is 3.41. The van der Waals surface area contributed by atoms with E-state index in [-0.39, 0.29) is 17.0 Å². The fourth-order valence-electron chi connectivity index (χ4n) is 2.13. The highest BCUT2D eigenvalue weighted by atomic mass is 19.3. The normalized spacial score (nSPS) is 18.7. The Morgan fingerprint density at radius 2 is 1.94 bits per heavy atom. The first-order valence-electron chi connectivity index (χ1n) is 6.28. The summed E-state index contributed by atoms with van der Waals surface area (Å²) < 4.78 is 33.2. The molecule has 1 aromatic rings. The van der Waals surface area contributed by atoms with Gasteiger partial charge in [-0.25, -0.2) is 0 Å². The van der Waals surface area contributed by atoms with E-state index in [9.17, 15) is 8.78 Å². The highest BCUT2D eigenvalue weighted by molar-refractivity contribution is 5.07. The zero-order chi connectivity index (χ0) is 13.4. The Labute approximate surface area is 106 Å². The lowest BCUT2D eigenvalue weighted by Gasteiger charge is -2.33. The maximum Gasteiger partial charge on any atom is 0.400 e. The lowest BCUT2D eigenvalue weighted by atomic mass is 9.86. The first-order valence-corrected chi connectivity index (χ1v) is 6.28. The smallest absolute Gasteiger partial charge is 0.311 e. The van der Waals surface area contributed by atoms with Gasteiger partial charge in [-0.05, 0) is 36.3 Å². The van der Waals surface area contributed by atoms with Crippen LogP contribution in [0.5, 0.6) is 0 Å². The van der Waals surface area contributed by atoms with E-state index in [2.05, 4.69) is 4.98 Å². The van der Waals surface area contributed by atoms with E-state index in [1.165, 1.54) is 12.3 Å². The van der Waals surface area contributed by atoms with Crippen LogP contribution in [0.4, 0.5) is 8.78 Å². The highest BCUT2D eigenvalue weighted by Crippen LogP contribution is 2.46. The monoisotopic (exact) mass is 255 g/mol. The molecule has 0 spiro atoms. The van der Waals surface area contributed by atoms with Crippen molar-refractivity contribution in [3.8, 4) is 0 Å². The molecule has 1 heterocycles. The molecule has 0 amide bonds. The maximum absolute atomic E-state index is 14.0. The van der Waals surface area contributed by atoms with Crippen LogP contribution < -0.4 is 0 Å². The lowest BCUT2D eigenvalue weighted by molar-refractivity contribution is -0.294. The van der Waals surface area contributed by atoms with Crippen molar-refractivity contribution in [2.75, 3.05) is 0 Å². The number of alkyl halides is 2. The second kappa shape index (κ2) is 4.57. The van der Waals surface area contributed by atoms with Crippen molar-refractivity contribution in [2.24, 2.45) is 11.3 Å². The molecule has 100 valence electrons. The molecule has 0 aromatic carbocycles. The molecule has 0 aliphatic heterocycles. The van der Waals surface area contributed by atoms with Gasteiger partial charge in [0.25, 0.3) is 0 Å². The van der Waals surface area contributed by atoms with E-state index in [1.807, 2.05) is 20.8 Å². The summed E-state index contributed by atoms with van der Waals surface area (Å²) in [4.78, 5) is 3.69. The van der Waals surface area contributed by atoms with Crippen LogP contribution >= 0.6 is 0 Å². The van der Waals surface area contributed by atoms with Crippen molar-refractivity contribution in [3.63, 3.8) is 0 Å². The average Bonchev–Trinajstić information content (AvgIpc) is 3.10. The summed E-state index contributed by atoms with van der Waals surface area (Å²) in [7, 11) is 0. The fraction of sp³-hybridized carbons (Fsp3) is 0.643. The van der Waals surface area contributed by atoms with Crippen LogP contribution in [0.3, 0.4) is 0 Å². The molecule has 2 nitrogen and oxygen atoms in total. The zero-order valence-electron chi connectivity index (χ0n) is 11.0. The van der Waals surface area contributed by atoms with Gasteiger partial charge < -0.3 is 4.74 Å².